The third kappa shape index (κ3) is 4.25. The summed E-state index contributed by atoms with van der Waals surface area (Å²) >= 11 is 0. The van der Waals surface area contributed by atoms with Crippen molar-refractivity contribution in [1.29, 1.82) is 0 Å². The van der Waals surface area contributed by atoms with E-state index in [1.54, 1.807) is 0 Å². The highest BCUT2D eigenvalue weighted by Crippen LogP contribution is 2.31. The van der Waals surface area contributed by atoms with Gasteiger partial charge in [-0.05, 0) is 45.7 Å². The summed E-state index contributed by atoms with van der Waals surface area (Å²) in [6, 6.07) is 9.78. The zero-order valence-corrected chi connectivity index (χ0v) is 15.1. The molecule has 6 heteroatoms. The number of nitrogens with one attached hydrogen (secondary N) is 1. The molecule has 0 bridgehead atoms. The van der Waals surface area contributed by atoms with Crippen LogP contribution in [0, 0.1) is 6.92 Å². The predicted octanol–water partition coefficient (Wildman–Crippen LogP) is 2.82. The summed E-state index contributed by atoms with van der Waals surface area (Å²) in [7, 11) is 0. The Bertz CT molecular complexity index is 698. The van der Waals surface area contributed by atoms with Crippen molar-refractivity contribution in [3.8, 4) is 0 Å². The van der Waals surface area contributed by atoms with Gasteiger partial charge in [0.25, 0.3) is 0 Å². The number of hydrogen-bond acceptors (Lipinski definition) is 5. The third-order valence-electron chi connectivity index (χ3n) is 4.51. The Morgan fingerprint density at radius 2 is 2.08 bits per heavy atom. The predicted molar refractivity (Wildman–Crippen MR) is 95.0 cm³/mol. The number of aryl methyl sites for hydroxylation is 1. The van der Waals surface area contributed by atoms with Crippen LogP contribution in [0.2, 0.25) is 0 Å². The molecule has 25 heavy (non-hydrogen) atoms. The first-order valence-electron chi connectivity index (χ1n) is 8.94. The molecule has 1 aliphatic rings. The maximum Gasteiger partial charge on any atom is 0.242 e. The first-order valence-corrected chi connectivity index (χ1v) is 8.94. The molecule has 0 spiro atoms. The van der Waals surface area contributed by atoms with Crippen molar-refractivity contribution in [2.24, 2.45) is 0 Å². The molecular weight excluding hydrogens is 316 g/mol. The fraction of sp³-hybridized carbons (Fsp3) is 0.526. The van der Waals surface area contributed by atoms with Gasteiger partial charge in [-0.25, -0.2) is 0 Å². The molecule has 2 aromatic rings. The highest BCUT2D eigenvalue weighted by atomic mass is 16.5. The van der Waals surface area contributed by atoms with E-state index in [2.05, 4.69) is 20.4 Å². The number of likely N-dealkylation sites (tertiary alicyclic amines) is 1. The molecule has 1 aliphatic heterocycles. The van der Waals surface area contributed by atoms with Crippen LogP contribution in [0.4, 0.5) is 0 Å². The average molecular weight is 342 g/mol. The molecular formula is C19H26N4O2. The lowest BCUT2D eigenvalue weighted by Gasteiger charge is -2.37. The third-order valence-corrected chi connectivity index (χ3v) is 4.51. The van der Waals surface area contributed by atoms with E-state index in [1.165, 1.54) is 0 Å². The van der Waals surface area contributed by atoms with Crippen molar-refractivity contribution in [2.45, 2.75) is 51.6 Å². The van der Waals surface area contributed by atoms with Gasteiger partial charge >= 0.3 is 0 Å². The minimum Gasteiger partial charge on any atom is -0.352 e. The van der Waals surface area contributed by atoms with Crippen LogP contribution in [0.5, 0.6) is 0 Å². The van der Waals surface area contributed by atoms with E-state index >= 15 is 0 Å². The van der Waals surface area contributed by atoms with Gasteiger partial charge in [0.2, 0.25) is 11.8 Å². The summed E-state index contributed by atoms with van der Waals surface area (Å²) in [5.74, 6) is 1.55. The molecule has 0 saturated carbocycles. The van der Waals surface area contributed by atoms with Crippen LogP contribution in [-0.2, 0) is 4.79 Å². The van der Waals surface area contributed by atoms with E-state index in [9.17, 15) is 4.79 Å². The number of carbonyl (C=O) groups excluding carboxylic acids is 1. The van der Waals surface area contributed by atoms with E-state index in [1.807, 2.05) is 51.1 Å². The van der Waals surface area contributed by atoms with Gasteiger partial charge in [0.15, 0.2) is 5.82 Å². The summed E-state index contributed by atoms with van der Waals surface area (Å²) in [4.78, 5) is 19.5. The fourth-order valence-corrected chi connectivity index (χ4v) is 3.45. The lowest BCUT2D eigenvalue weighted by molar-refractivity contribution is -0.127. The van der Waals surface area contributed by atoms with E-state index in [0.29, 0.717) is 11.7 Å². The molecule has 1 fully saturated rings. The maximum absolute atomic E-state index is 12.9. The van der Waals surface area contributed by atoms with E-state index in [4.69, 9.17) is 4.52 Å². The Kier molecular flexibility index (Phi) is 5.48. The van der Waals surface area contributed by atoms with Gasteiger partial charge in [0.05, 0.1) is 5.92 Å². The highest BCUT2D eigenvalue weighted by molar-refractivity contribution is 5.83. The highest BCUT2D eigenvalue weighted by Gasteiger charge is 2.34. The van der Waals surface area contributed by atoms with E-state index in [0.717, 1.165) is 31.5 Å². The van der Waals surface area contributed by atoms with Gasteiger partial charge in [-0.1, -0.05) is 35.5 Å². The van der Waals surface area contributed by atoms with E-state index < -0.39 is 0 Å². The monoisotopic (exact) mass is 342 g/mol. The lowest BCUT2D eigenvalue weighted by Crippen LogP contribution is -2.46. The molecule has 1 saturated heterocycles. The number of benzene rings is 1. The number of rotatable bonds is 5. The molecule has 134 valence electrons. The van der Waals surface area contributed by atoms with Gasteiger partial charge < -0.3 is 9.84 Å². The SMILES string of the molecule is Cc1noc([C@H]2CCCN([C@H](C(=O)NC(C)C)c3ccccc3)C2)n1. The average Bonchev–Trinajstić information content (AvgIpc) is 3.02. The van der Waals surface area contributed by atoms with Crippen LogP contribution in [-0.4, -0.2) is 40.1 Å². The van der Waals surface area contributed by atoms with E-state index in [-0.39, 0.29) is 23.9 Å². The Morgan fingerprint density at radius 1 is 1.32 bits per heavy atom. The topological polar surface area (TPSA) is 71.3 Å². The van der Waals surface area contributed by atoms with Gasteiger partial charge in [0.1, 0.15) is 6.04 Å². The molecule has 0 aliphatic carbocycles. The molecule has 3 rings (SSSR count). The Morgan fingerprint density at radius 3 is 2.72 bits per heavy atom. The molecule has 1 N–H and O–H groups in total. The Hall–Kier alpha value is -2.21. The van der Waals surface area contributed by atoms with Gasteiger partial charge in [-0.3, -0.25) is 9.69 Å². The van der Waals surface area contributed by atoms with Crippen LogP contribution in [0.15, 0.2) is 34.9 Å². The van der Waals surface area contributed by atoms with Crippen molar-refractivity contribution in [1.82, 2.24) is 20.4 Å². The second kappa shape index (κ2) is 7.78. The fourth-order valence-electron chi connectivity index (χ4n) is 3.45. The number of aromatic nitrogens is 2. The molecule has 2 atom stereocenters. The lowest BCUT2D eigenvalue weighted by atomic mass is 9.94. The Balaban J connectivity index is 1.83. The molecule has 1 amide bonds. The Labute approximate surface area is 148 Å². The summed E-state index contributed by atoms with van der Waals surface area (Å²) in [6.07, 6.45) is 2.01. The zero-order valence-electron chi connectivity index (χ0n) is 15.1. The largest absolute Gasteiger partial charge is 0.352 e. The zero-order chi connectivity index (χ0) is 17.8. The van der Waals surface area contributed by atoms with Crippen LogP contribution >= 0.6 is 0 Å². The smallest absolute Gasteiger partial charge is 0.242 e. The van der Waals surface area contributed by atoms with Gasteiger partial charge in [-0.15, -0.1) is 0 Å². The van der Waals surface area contributed by atoms with Gasteiger partial charge in [-0.2, -0.15) is 4.98 Å². The minimum atomic E-state index is -0.296. The number of amides is 1. The van der Waals surface area contributed by atoms with Crippen LogP contribution in [0.1, 0.15) is 55.9 Å². The standard InChI is InChI=1S/C19H26N4O2/c1-13(2)20-18(24)17(15-8-5-4-6-9-15)23-11-7-10-16(12-23)19-21-14(3)22-25-19/h4-6,8-9,13,16-17H,7,10-12H2,1-3H3,(H,20,24)/t16-,17-/m0/s1. The van der Waals surface area contributed by atoms with Crippen molar-refractivity contribution in [3.63, 3.8) is 0 Å². The van der Waals surface area contributed by atoms with Gasteiger partial charge in [0, 0.05) is 12.6 Å². The summed E-state index contributed by atoms with van der Waals surface area (Å²) in [6.45, 7) is 7.43. The molecule has 6 nitrogen and oxygen atoms in total. The second-order valence-electron chi connectivity index (χ2n) is 6.99. The van der Waals surface area contributed by atoms with Crippen molar-refractivity contribution < 1.29 is 9.32 Å². The van der Waals surface area contributed by atoms with Crippen LogP contribution in [0.3, 0.4) is 0 Å². The molecule has 0 radical (unpaired) electrons. The van der Waals surface area contributed by atoms with Crippen molar-refractivity contribution in [3.05, 3.63) is 47.6 Å². The maximum atomic E-state index is 12.9. The molecule has 1 aromatic carbocycles. The second-order valence-corrected chi connectivity index (χ2v) is 6.99. The summed E-state index contributed by atoms with van der Waals surface area (Å²) in [5.41, 5.74) is 1.02. The minimum absolute atomic E-state index is 0.0450. The molecule has 2 heterocycles. The van der Waals surface area contributed by atoms with Crippen molar-refractivity contribution >= 4 is 5.91 Å². The first kappa shape index (κ1) is 17.6. The summed E-state index contributed by atoms with van der Waals surface area (Å²) < 4.78 is 5.37. The number of nitrogens with zero attached hydrogens (tertiary/aromatic N) is 3. The molecule has 0 unspecified atom stereocenters. The molecule has 1 aromatic heterocycles. The van der Waals surface area contributed by atoms with Crippen LogP contribution < -0.4 is 5.32 Å². The number of carbonyl (C=O) groups is 1. The number of hydrogen-bond donors (Lipinski definition) is 1. The van der Waals surface area contributed by atoms with Crippen molar-refractivity contribution in [2.75, 3.05) is 13.1 Å². The normalized spacial score (nSPS) is 19.8. The van der Waals surface area contributed by atoms with Crippen LogP contribution in [0.25, 0.3) is 0 Å². The first-order chi connectivity index (χ1) is 12.0. The summed E-state index contributed by atoms with van der Waals surface area (Å²) in [5, 5.41) is 6.98. The quantitative estimate of drug-likeness (QED) is 0.905. The number of piperidine rings is 1.